The second-order valence-electron chi connectivity index (χ2n) is 9.64. The number of piperidine rings is 1. The van der Waals surface area contributed by atoms with Crippen LogP contribution in [0.3, 0.4) is 0 Å². The molecule has 5 rings (SSSR count). The number of nitrogens with two attached hydrogens (primary N) is 1. The normalized spacial score (nSPS) is 35.4. The third-order valence-corrected chi connectivity index (χ3v) is 8.43. The van der Waals surface area contributed by atoms with Gasteiger partial charge in [0.1, 0.15) is 5.60 Å². The number of rotatable bonds is 4. The van der Waals surface area contributed by atoms with Crippen molar-refractivity contribution in [2.75, 3.05) is 20.2 Å². The molecule has 4 heteroatoms. The van der Waals surface area contributed by atoms with Crippen molar-refractivity contribution in [2.24, 2.45) is 23.0 Å². The van der Waals surface area contributed by atoms with Gasteiger partial charge in [-0.3, -0.25) is 9.69 Å². The number of carbonyl (C=O) groups is 1. The van der Waals surface area contributed by atoms with E-state index in [0.29, 0.717) is 17.4 Å². The monoisotopic (exact) mass is 368 g/mol. The van der Waals surface area contributed by atoms with Crippen molar-refractivity contribution < 1.29 is 9.53 Å². The summed E-state index contributed by atoms with van der Waals surface area (Å²) in [4.78, 5) is 14.5. The Morgan fingerprint density at radius 3 is 2.41 bits per heavy atom. The molecule has 1 aromatic rings. The van der Waals surface area contributed by atoms with Crippen molar-refractivity contribution in [3.05, 3.63) is 35.4 Å². The number of nitrogens with zero attached hydrogens (tertiary/aromatic N) is 1. The van der Waals surface area contributed by atoms with Crippen molar-refractivity contribution in [1.29, 1.82) is 0 Å². The Morgan fingerprint density at radius 2 is 1.85 bits per heavy atom. The molecule has 3 saturated carbocycles. The van der Waals surface area contributed by atoms with Gasteiger partial charge in [0, 0.05) is 43.6 Å². The number of benzene rings is 1. The van der Waals surface area contributed by atoms with E-state index in [1.165, 1.54) is 51.4 Å². The first-order chi connectivity index (χ1) is 13.1. The van der Waals surface area contributed by atoms with Gasteiger partial charge in [-0.05, 0) is 61.6 Å². The summed E-state index contributed by atoms with van der Waals surface area (Å²) < 4.78 is 6.34. The first-order valence-electron chi connectivity index (χ1n) is 10.8. The maximum Gasteiger partial charge on any atom is 0.248 e. The van der Waals surface area contributed by atoms with Crippen LogP contribution in [0.25, 0.3) is 0 Å². The molecule has 4 nitrogen and oxygen atoms in total. The molecule has 2 N–H and O–H groups in total. The topological polar surface area (TPSA) is 55.6 Å². The number of fused-ring (bicyclic) bond motifs is 2. The van der Waals surface area contributed by atoms with Crippen LogP contribution >= 0.6 is 0 Å². The van der Waals surface area contributed by atoms with E-state index in [1.54, 1.807) is 0 Å². The molecule has 2 bridgehead atoms. The van der Waals surface area contributed by atoms with E-state index in [0.717, 1.165) is 30.1 Å². The first kappa shape index (κ1) is 17.7. The highest BCUT2D eigenvalue weighted by Crippen LogP contribution is 2.59. The molecule has 0 aromatic heterocycles. The first-order valence-corrected chi connectivity index (χ1v) is 10.8. The van der Waals surface area contributed by atoms with Gasteiger partial charge in [-0.15, -0.1) is 0 Å². The third kappa shape index (κ3) is 2.60. The molecule has 146 valence electrons. The maximum atomic E-state index is 11.7. The van der Waals surface area contributed by atoms with Gasteiger partial charge in [-0.2, -0.15) is 0 Å². The Balaban J connectivity index is 1.42. The lowest BCUT2D eigenvalue weighted by Crippen LogP contribution is -2.64. The zero-order chi connectivity index (χ0) is 18.6. The second-order valence-corrected chi connectivity index (χ2v) is 9.64. The van der Waals surface area contributed by atoms with Crippen LogP contribution in [0.5, 0.6) is 0 Å². The van der Waals surface area contributed by atoms with Crippen molar-refractivity contribution in [3.8, 4) is 0 Å². The molecule has 27 heavy (non-hydrogen) atoms. The van der Waals surface area contributed by atoms with Gasteiger partial charge in [0.15, 0.2) is 0 Å². The van der Waals surface area contributed by atoms with Crippen LogP contribution in [0.1, 0.15) is 67.3 Å². The SMILES string of the molecule is COC1(c2cccc(C(N)=O)c2)C2CCCC1CN(C1CC3(CCC3)C1)C2. The highest BCUT2D eigenvalue weighted by molar-refractivity contribution is 5.92. The average molecular weight is 369 g/mol. The summed E-state index contributed by atoms with van der Waals surface area (Å²) in [6.45, 7) is 2.26. The largest absolute Gasteiger partial charge is 0.373 e. The lowest BCUT2D eigenvalue weighted by atomic mass is 9.53. The number of hydrogen-bond donors (Lipinski definition) is 1. The van der Waals surface area contributed by atoms with Crippen LogP contribution in [0.15, 0.2) is 24.3 Å². The molecule has 1 saturated heterocycles. The van der Waals surface area contributed by atoms with E-state index in [4.69, 9.17) is 10.5 Å². The predicted octanol–water partition coefficient (Wildman–Crippen LogP) is 3.69. The number of carbonyl (C=O) groups excluding carboxylic acids is 1. The summed E-state index contributed by atoms with van der Waals surface area (Å²) in [5, 5.41) is 0. The van der Waals surface area contributed by atoms with Crippen LogP contribution in [0.4, 0.5) is 0 Å². The molecule has 1 aromatic carbocycles. The van der Waals surface area contributed by atoms with E-state index >= 15 is 0 Å². The lowest BCUT2D eigenvalue weighted by Gasteiger charge is -2.62. The van der Waals surface area contributed by atoms with Gasteiger partial charge in [0.05, 0.1) is 0 Å². The molecule has 1 aliphatic heterocycles. The van der Waals surface area contributed by atoms with Crippen molar-refractivity contribution in [2.45, 2.75) is 63.0 Å². The minimum absolute atomic E-state index is 0.266. The Hall–Kier alpha value is -1.39. The molecule has 1 spiro atoms. The highest BCUT2D eigenvalue weighted by atomic mass is 16.5. The van der Waals surface area contributed by atoms with Gasteiger partial charge in [0.2, 0.25) is 5.91 Å². The standard InChI is InChI=1S/C23H32N2O2/c1-27-23(17-6-2-5-16(11-17)21(24)26)18-7-3-8-19(23)15-25(14-18)20-12-22(13-20)9-4-10-22/h2,5-6,11,18-20H,3-4,7-10,12-15H2,1H3,(H2,24,26). The smallest absolute Gasteiger partial charge is 0.248 e. The fraction of sp³-hybridized carbons (Fsp3) is 0.696. The molecule has 1 amide bonds. The van der Waals surface area contributed by atoms with Gasteiger partial charge < -0.3 is 10.5 Å². The van der Waals surface area contributed by atoms with Crippen molar-refractivity contribution in [3.63, 3.8) is 0 Å². The van der Waals surface area contributed by atoms with Gasteiger partial charge in [-0.1, -0.05) is 25.0 Å². The van der Waals surface area contributed by atoms with Crippen molar-refractivity contribution in [1.82, 2.24) is 4.90 Å². The molecule has 2 unspecified atom stereocenters. The summed E-state index contributed by atoms with van der Waals surface area (Å²) in [6, 6.07) is 8.69. The maximum absolute atomic E-state index is 11.7. The number of primary amides is 1. The van der Waals surface area contributed by atoms with Gasteiger partial charge >= 0.3 is 0 Å². The average Bonchev–Trinajstić information content (AvgIpc) is 2.58. The summed E-state index contributed by atoms with van der Waals surface area (Å²) in [5.41, 5.74) is 7.76. The predicted molar refractivity (Wildman–Crippen MR) is 105 cm³/mol. The molecular formula is C23H32N2O2. The van der Waals surface area contributed by atoms with E-state index < -0.39 is 0 Å². The van der Waals surface area contributed by atoms with E-state index in [1.807, 2.05) is 25.3 Å². The van der Waals surface area contributed by atoms with E-state index in [-0.39, 0.29) is 11.5 Å². The Kier molecular flexibility index (Phi) is 4.14. The lowest BCUT2D eigenvalue weighted by molar-refractivity contribution is -0.188. The third-order valence-electron chi connectivity index (χ3n) is 8.43. The number of methoxy groups -OCH3 is 1. The zero-order valence-corrected chi connectivity index (χ0v) is 16.5. The number of hydrogen-bond acceptors (Lipinski definition) is 3. The summed E-state index contributed by atoms with van der Waals surface area (Å²) in [5.74, 6) is 0.637. The molecule has 4 fully saturated rings. The van der Waals surface area contributed by atoms with Crippen molar-refractivity contribution >= 4 is 5.91 Å². The minimum atomic E-state index is -0.356. The molecule has 2 atom stereocenters. The Morgan fingerprint density at radius 1 is 1.15 bits per heavy atom. The number of ether oxygens (including phenoxy) is 1. The molecule has 0 radical (unpaired) electrons. The summed E-state index contributed by atoms with van der Waals surface area (Å²) >= 11 is 0. The molecular weight excluding hydrogens is 336 g/mol. The van der Waals surface area contributed by atoms with Crippen LogP contribution in [0.2, 0.25) is 0 Å². The fourth-order valence-electron chi connectivity index (χ4n) is 6.89. The van der Waals surface area contributed by atoms with Gasteiger partial charge in [-0.25, -0.2) is 0 Å². The zero-order valence-electron chi connectivity index (χ0n) is 16.5. The van der Waals surface area contributed by atoms with E-state index in [2.05, 4.69) is 11.0 Å². The highest BCUT2D eigenvalue weighted by Gasteiger charge is 2.57. The molecule has 3 aliphatic carbocycles. The van der Waals surface area contributed by atoms with Crippen LogP contribution in [0, 0.1) is 17.3 Å². The van der Waals surface area contributed by atoms with Crippen LogP contribution in [-0.2, 0) is 10.3 Å². The second kappa shape index (κ2) is 6.31. The number of amides is 1. The summed E-state index contributed by atoms with van der Waals surface area (Å²) in [6.07, 6.45) is 10.9. The summed E-state index contributed by atoms with van der Waals surface area (Å²) in [7, 11) is 1.87. The minimum Gasteiger partial charge on any atom is -0.373 e. The quantitative estimate of drug-likeness (QED) is 0.882. The van der Waals surface area contributed by atoms with Crippen LogP contribution < -0.4 is 5.73 Å². The molecule has 4 aliphatic rings. The number of likely N-dealkylation sites (tertiary alicyclic amines) is 1. The fourth-order valence-corrected chi connectivity index (χ4v) is 6.89. The van der Waals surface area contributed by atoms with E-state index in [9.17, 15) is 4.79 Å². The Labute approximate surface area is 162 Å². The van der Waals surface area contributed by atoms with Crippen LogP contribution in [-0.4, -0.2) is 37.0 Å². The Bertz CT molecular complexity index is 720. The molecule has 1 heterocycles. The van der Waals surface area contributed by atoms with Gasteiger partial charge in [0.25, 0.3) is 0 Å².